The van der Waals surface area contributed by atoms with Crippen LogP contribution in [0.15, 0.2) is 65.6 Å². The maximum absolute atomic E-state index is 12.2. The molecular weight excluding hydrogens is 404 g/mol. The Kier molecular flexibility index (Phi) is 6.06. The van der Waals surface area contributed by atoms with Gasteiger partial charge in [0.25, 0.3) is 0 Å². The van der Waals surface area contributed by atoms with Gasteiger partial charge in [-0.3, -0.25) is 4.79 Å². The van der Waals surface area contributed by atoms with Crippen molar-refractivity contribution in [3.05, 3.63) is 71.2 Å². The van der Waals surface area contributed by atoms with Crippen LogP contribution in [0.3, 0.4) is 0 Å². The second kappa shape index (κ2) is 8.31. The van der Waals surface area contributed by atoms with E-state index in [0.29, 0.717) is 16.3 Å². The number of amides is 1. The number of benzene rings is 3. The van der Waals surface area contributed by atoms with Gasteiger partial charge in [-0.25, -0.2) is 13.6 Å². The van der Waals surface area contributed by atoms with Crippen LogP contribution in [0, 0.1) is 0 Å². The molecule has 0 fully saturated rings. The van der Waals surface area contributed by atoms with Crippen molar-refractivity contribution in [2.45, 2.75) is 10.6 Å². The highest BCUT2D eigenvalue weighted by molar-refractivity contribution is 8.00. The van der Waals surface area contributed by atoms with Crippen LogP contribution in [0.5, 0.6) is 0 Å². The lowest BCUT2D eigenvalue weighted by Crippen LogP contribution is -2.15. The zero-order valence-electron chi connectivity index (χ0n) is 14.2. The molecule has 1 amide bonds. The standard InChI is InChI=1S/C19H17ClN2O3S2/c20-16-5-1-3-14-4-2-6-17(19(14)16)26-11-18(23)22-15-9-7-13(8-10-15)12-27(21,24)25/h1-10H,11-12H2,(H,22,23)(H2,21,24,25). The number of primary sulfonamides is 1. The lowest BCUT2D eigenvalue weighted by Gasteiger charge is -2.09. The fourth-order valence-corrected chi connectivity index (χ4v) is 4.54. The zero-order valence-corrected chi connectivity index (χ0v) is 16.6. The third-order valence-corrected chi connectivity index (χ3v) is 5.89. The van der Waals surface area contributed by atoms with Crippen LogP contribution in [0.2, 0.25) is 5.02 Å². The molecule has 0 atom stereocenters. The van der Waals surface area contributed by atoms with E-state index in [2.05, 4.69) is 5.32 Å². The number of thioether (sulfide) groups is 1. The molecule has 8 heteroatoms. The summed E-state index contributed by atoms with van der Waals surface area (Å²) in [6, 6.07) is 18.1. The quantitative estimate of drug-likeness (QED) is 0.589. The van der Waals surface area contributed by atoms with Gasteiger partial charge >= 0.3 is 0 Å². The first-order valence-electron chi connectivity index (χ1n) is 8.01. The number of hydrogen-bond acceptors (Lipinski definition) is 4. The third-order valence-electron chi connectivity index (χ3n) is 3.78. The second-order valence-electron chi connectivity index (χ2n) is 5.94. The number of halogens is 1. The van der Waals surface area contributed by atoms with Gasteiger partial charge in [0.2, 0.25) is 15.9 Å². The molecule has 0 aliphatic carbocycles. The Labute approximate surface area is 167 Å². The summed E-state index contributed by atoms with van der Waals surface area (Å²) in [4.78, 5) is 13.2. The van der Waals surface area contributed by atoms with Gasteiger partial charge in [-0.2, -0.15) is 0 Å². The van der Waals surface area contributed by atoms with E-state index in [-0.39, 0.29) is 17.4 Å². The van der Waals surface area contributed by atoms with Crippen molar-refractivity contribution in [2.75, 3.05) is 11.1 Å². The predicted octanol–water partition coefficient (Wildman–Crippen LogP) is 4.01. The highest BCUT2D eigenvalue weighted by atomic mass is 35.5. The summed E-state index contributed by atoms with van der Waals surface area (Å²) in [7, 11) is -3.58. The fourth-order valence-electron chi connectivity index (χ4n) is 2.64. The Morgan fingerprint density at radius 2 is 1.70 bits per heavy atom. The molecule has 5 nitrogen and oxygen atoms in total. The smallest absolute Gasteiger partial charge is 0.234 e. The highest BCUT2D eigenvalue weighted by Crippen LogP contribution is 2.33. The third kappa shape index (κ3) is 5.46. The first-order chi connectivity index (χ1) is 12.8. The first kappa shape index (κ1) is 19.7. The van der Waals surface area contributed by atoms with E-state index in [1.807, 2.05) is 36.4 Å². The number of sulfonamides is 1. The van der Waals surface area contributed by atoms with Gasteiger partial charge in [-0.15, -0.1) is 11.8 Å². The molecule has 3 rings (SSSR count). The van der Waals surface area contributed by atoms with Gasteiger partial charge in [-0.05, 0) is 35.2 Å². The zero-order chi connectivity index (χ0) is 19.4. The monoisotopic (exact) mass is 420 g/mol. The minimum Gasteiger partial charge on any atom is -0.325 e. The number of carbonyl (C=O) groups excluding carboxylic acids is 1. The number of fused-ring (bicyclic) bond motifs is 1. The predicted molar refractivity (Wildman–Crippen MR) is 112 cm³/mol. The van der Waals surface area contributed by atoms with Gasteiger partial charge in [0.1, 0.15) is 0 Å². The molecule has 3 N–H and O–H groups in total. The van der Waals surface area contributed by atoms with Crippen molar-refractivity contribution in [1.82, 2.24) is 0 Å². The maximum atomic E-state index is 12.2. The Morgan fingerprint density at radius 1 is 1.04 bits per heavy atom. The molecular formula is C19H17ClN2O3S2. The second-order valence-corrected chi connectivity index (χ2v) is 8.97. The molecule has 0 aliphatic heterocycles. The SMILES string of the molecule is NS(=O)(=O)Cc1ccc(NC(=O)CSc2cccc3cccc(Cl)c23)cc1. The van der Waals surface area contributed by atoms with Gasteiger partial charge < -0.3 is 5.32 Å². The number of anilines is 1. The van der Waals surface area contributed by atoms with Crippen LogP contribution < -0.4 is 10.5 Å². The first-order valence-corrected chi connectivity index (χ1v) is 11.1. The van der Waals surface area contributed by atoms with Crippen LogP contribution in [0.4, 0.5) is 5.69 Å². The summed E-state index contributed by atoms with van der Waals surface area (Å²) >= 11 is 7.71. The summed E-state index contributed by atoms with van der Waals surface area (Å²) in [6.45, 7) is 0. The molecule has 0 spiro atoms. The average Bonchev–Trinajstić information content (AvgIpc) is 2.60. The van der Waals surface area contributed by atoms with Crippen molar-refractivity contribution < 1.29 is 13.2 Å². The van der Waals surface area contributed by atoms with Crippen LogP contribution in [0.1, 0.15) is 5.56 Å². The lowest BCUT2D eigenvalue weighted by atomic mass is 10.1. The Hall–Kier alpha value is -2.06. The van der Waals surface area contributed by atoms with Crippen LogP contribution in [0.25, 0.3) is 10.8 Å². The van der Waals surface area contributed by atoms with Crippen molar-refractivity contribution in [3.63, 3.8) is 0 Å². The van der Waals surface area contributed by atoms with Crippen molar-refractivity contribution >= 4 is 55.8 Å². The van der Waals surface area contributed by atoms with Crippen molar-refractivity contribution in [2.24, 2.45) is 5.14 Å². The van der Waals surface area contributed by atoms with Gasteiger partial charge in [0.15, 0.2) is 0 Å². The summed E-state index contributed by atoms with van der Waals surface area (Å²) in [5.74, 6) is -0.175. The molecule has 0 saturated carbocycles. The molecule has 3 aromatic carbocycles. The molecule has 3 aromatic rings. The number of rotatable bonds is 6. The Balaban J connectivity index is 1.64. The molecule has 0 aliphatic rings. The summed E-state index contributed by atoms with van der Waals surface area (Å²) in [6.07, 6.45) is 0. The largest absolute Gasteiger partial charge is 0.325 e. The van der Waals surface area contributed by atoms with Crippen molar-refractivity contribution in [1.29, 1.82) is 0 Å². The number of nitrogens with one attached hydrogen (secondary N) is 1. The summed E-state index contributed by atoms with van der Waals surface area (Å²) in [5.41, 5.74) is 1.16. The van der Waals surface area contributed by atoms with Gasteiger partial charge in [0, 0.05) is 21.0 Å². The molecule has 0 bridgehead atoms. The topological polar surface area (TPSA) is 89.3 Å². The highest BCUT2D eigenvalue weighted by Gasteiger charge is 2.09. The van der Waals surface area contributed by atoms with E-state index < -0.39 is 10.0 Å². The van der Waals surface area contributed by atoms with Crippen LogP contribution in [-0.4, -0.2) is 20.1 Å². The molecule has 27 heavy (non-hydrogen) atoms. The van der Waals surface area contributed by atoms with Crippen molar-refractivity contribution in [3.8, 4) is 0 Å². The minimum absolute atomic E-state index is 0.164. The van der Waals surface area contributed by atoms with E-state index >= 15 is 0 Å². The van der Waals surface area contributed by atoms with Gasteiger partial charge in [0.05, 0.1) is 11.5 Å². The number of nitrogens with two attached hydrogens (primary N) is 1. The van der Waals surface area contributed by atoms with Crippen LogP contribution >= 0.6 is 23.4 Å². The summed E-state index contributed by atoms with van der Waals surface area (Å²) in [5, 5.41) is 10.4. The van der Waals surface area contributed by atoms with E-state index in [0.717, 1.165) is 15.7 Å². The Bertz CT molecular complexity index is 1080. The number of hydrogen-bond donors (Lipinski definition) is 2. The molecule has 0 radical (unpaired) electrons. The fraction of sp³-hybridized carbons (Fsp3) is 0.105. The molecule has 0 aromatic heterocycles. The maximum Gasteiger partial charge on any atom is 0.234 e. The molecule has 0 unspecified atom stereocenters. The number of carbonyl (C=O) groups is 1. The summed E-state index contributed by atoms with van der Waals surface area (Å²) < 4.78 is 22.2. The molecule has 0 heterocycles. The normalized spacial score (nSPS) is 11.5. The Morgan fingerprint density at radius 3 is 2.37 bits per heavy atom. The lowest BCUT2D eigenvalue weighted by molar-refractivity contribution is -0.113. The van der Waals surface area contributed by atoms with Gasteiger partial charge in [-0.1, -0.05) is 48.0 Å². The molecule has 0 saturated heterocycles. The minimum atomic E-state index is -3.58. The van der Waals surface area contributed by atoms with E-state index in [1.54, 1.807) is 24.3 Å². The average molecular weight is 421 g/mol. The van der Waals surface area contributed by atoms with E-state index in [9.17, 15) is 13.2 Å². The van der Waals surface area contributed by atoms with E-state index in [4.69, 9.17) is 16.7 Å². The molecule has 140 valence electrons. The van der Waals surface area contributed by atoms with E-state index in [1.165, 1.54) is 11.8 Å². The van der Waals surface area contributed by atoms with Crippen LogP contribution in [-0.2, 0) is 20.6 Å².